The molecule has 0 amide bonds. The van der Waals surface area contributed by atoms with Crippen LogP contribution in [-0.4, -0.2) is 16.0 Å². The number of rotatable bonds is 3. The lowest BCUT2D eigenvalue weighted by Crippen LogP contribution is -2.02. The Balaban J connectivity index is 3.13. The summed E-state index contributed by atoms with van der Waals surface area (Å²) in [6.45, 7) is 0. The van der Waals surface area contributed by atoms with Crippen LogP contribution in [0.3, 0.4) is 0 Å². The van der Waals surface area contributed by atoms with Crippen LogP contribution >= 0.6 is 15.9 Å². The Labute approximate surface area is 87.6 Å². The van der Waals surface area contributed by atoms with E-state index in [0.29, 0.717) is 5.56 Å². The predicted octanol–water partition coefficient (Wildman–Crippen LogP) is 1.98. The summed E-state index contributed by atoms with van der Waals surface area (Å²) in [5.41, 5.74) is 0.274. The van der Waals surface area contributed by atoms with Crippen molar-refractivity contribution in [1.29, 1.82) is 0 Å². The Morgan fingerprint density at radius 2 is 2.21 bits per heavy atom. The minimum atomic E-state index is -1.02. The molecular weight excluding hydrogens is 254 g/mol. The van der Waals surface area contributed by atoms with E-state index in [-0.39, 0.29) is 16.6 Å². The van der Waals surface area contributed by atoms with Crippen molar-refractivity contribution < 1.29 is 14.8 Å². The number of nitro groups is 1. The molecule has 0 saturated carbocycles. The number of carboxylic acid groups (broad SMARTS) is 1. The first kappa shape index (κ1) is 10.6. The highest BCUT2D eigenvalue weighted by Gasteiger charge is 2.15. The number of nitro benzene ring substituents is 1. The molecule has 0 radical (unpaired) electrons. The number of halogens is 1. The average Bonchev–Trinajstić information content (AvgIpc) is 2.07. The van der Waals surface area contributed by atoms with Gasteiger partial charge in [0.15, 0.2) is 0 Å². The number of aliphatic carboxylic acids is 1. The molecule has 5 nitrogen and oxygen atoms in total. The number of hydrogen-bond acceptors (Lipinski definition) is 3. The standard InChI is InChI=1S/C8H6BrNO4/c9-8-5(4-7(11)12)2-1-3-6(8)10(13)14/h1-3H,4H2,(H,11,12). The molecule has 6 heteroatoms. The molecule has 1 N–H and O–H groups in total. The minimum Gasteiger partial charge on any atom is -0.481 e. The highest BCUT2D eigenvalue weighted by molar-refractivity contribution is 9.10. The van der Waals surface area contributed by atoms with Gasteiger partial charge in [0.1, 0.15) is 0 Å². The highest BCUT2D eigenvalue weighted by Crippen LogP contribution is 2.28. The van der Waals surface area contributed by atoms with Gasteiger partial charge in [-0.25, -0.2) is 0 Å². The summed E-state index contributed by atoms with van der Waals surface area (Å²) in [6, 6.07) is 4.31. The van der Waals surface area contributed by atoms with Gasteiger partial charge in [-0.1, -0.05) is 12.1 Å². The fraction of sp³-hybridized carbons (Fsp3) is 0.125. The van der Waals surface area contributed by atoms with Crippen LogP contribution in [-0.2, 0) is 11.2 Å². The summed E-state index contributed by atoms with van der Waals surface area (Å²) >= 11 is 3.01. The maximum Gasteiger partial charge on any atom is 0.307 e. The highest BCUT2D eigenvalue weighted by atomic mass is 79.9. The lowest BCUT2D eigenvalue weighted by molar-refractivity contribution is -0.385. The topological polar surface area (TPSA) is 80.4 Å². The second-order valence-electron chi connectivity index (χ2n) is 2.58. The Morgan fingerprint density at radius 3 is 2.71 bits per heavy atom. The van der Waals surface area contributed by atoms with E-state index in [0.717, 1.165) is 0 Å². The molecule has 0 aliphatic carbocycles. The Morgan fingerprint density at radius 1 is 1.57 bits per heavy atom. The number of carboxylic acids is 1. The van der Waals surface area contributed by atoms with Crippen molar-refractivity contribution in [3.05, 3.63) is 38.3 Å². The van der Waals surface area contributed by atoms with E-state index >= 15 is 0 Å². The summed E-state index contributed by atoms with van der Waals surface area (Å²) in [5, 5.41) is 19.0. The average molecular weight is 260 g/mol. The molecular formula is C8H6BrNO4. The minimum absolute atomic E-state index is 0.122. The molecule has 0 fully saturated rings. The molecule has 0 spiro atoms. The number of hydrogen-bond donors (Lipinski definition) is 1. The molecule has 0 aromatic heterocycles. The summed E-state index contributed by atoms with van der Waals surface area (Å²) in [7, 11) is 0. The molecule has 1 rings (SSSR count). The molecule has 1 aromatic rings. The van der Waals surface area contributed by atoms with Crippen molar-refractivity contribution in [3.63, 3.8) is 0 Å². The molecule has 74 valence electrons. The molecule has 1 aromatic carbocycles. The van der Waals surface area contributed by atoms with Gasteiger partial charge in [-0.15, -0.1) is 0 Å². The van der Waals surface area contributed by atoms with Crippen molar-refractivity contribution in [1.82, 2.24) is 0 Å². The van der Waals surface area contributed by atoms with Gasteiger partial charge in [-0.3, -0.25) is 14.9 Å². The lowest BCUT2D eigenvalue weighted by Gasteiger charge is -2.01. The van der Waals surface area contributed by atoms with Crippen LogP contribution in [0.15, 0.2) is 22.7 Å². The first-order valence-electron chi connectivity index (χ1n) is 3.66. The number of carbonyl (C=O) groups is 1. The van der Waals surface area contributed by atoms with Crippen LogP contribution in [0.5, 0.6) is 0 Å². The maximum absolute atomic E-state index is 10.5. The summed E-state index contributed by atoms with van der Waals surface area (Å²) in [4.78, 5) is 20.3. The second-order valence-corrected chi connectivity index (χ2v) is 3.37. The fourth-order valence-electron chi connectivity index (χ4n) is 1.01. The first-order valence-corrected chi connectivity index (χ1v) is 4.45. The Kier molecular flexibility index (Phi) is 3.19. The van der Waals surface area contributed by atoms with Crippen molar-refractivity contribution in [3.8, 4) is 0 Å². The Hall–Kier alpha value is -1.43. The van der Waals surface area contributed by atoms with Gasteiger partial charge in [-0.2, -0.15) is 0 Å². The SMILES string of the molecule is O=C(O)Cc1cccc([N+](=O)[O-])c1Br. The number of nitrogens with zero attached hydrogens (tertiary/aromatic N) is 1. The van der Waals surface area contributed by atoms with Crippen LogP contribution in [0, 0.1) is 10.1 Å². The van der Waals surface area contributed by atoms with Crippen LogP contribution in [0.1, 0.15) is 5.56 Å². The van der Waals surface area contributed by atoms with Crippen molar-refractivity contribution >= 4 is 27.6 Å². The summed E-state index contributed by atoms with van der Waals surface area (Å²) in [5.74, 6) is -1.02. The quantitative estimate of drug-likeness (QED) is 0.665. The third kappa shape index (κ3) is 2.29. The van der Waals surface area contributed by atoms with Gasteiger partial charge in [-0.05, 0) is 21.5 Å². The van der Waals surface area contributed by atoms with Crippen LogP contribution in [0.4, 0.5) is 5.69 Å². The first-order chi connectivity index (χ1) is 6.52. The summed E-state index contributed by atoms with van der Waals surface area (Å²) < 4.78 is 0.229. The molecule has 0 bridgehead atoms. The maximum atomic E-state index is 10.5. The van der Waals surface area contributed by atoms with Gasteiger partial charge in [0.25, 0.3) is 5.69 Å². The third-order valence-corrected chi connectivity index (χ3v) is 2.51. The van der Waals surface area contributed by atoms with Crippen LogP contribution < -0.4 is 0 Å². The van der Waals surface area contributed by atoms with E-state index in [4.69, 9.17) is 5.11 Å². The molecule has 0 atom stereocenters. The smallest absolute Gasteiger partial charge is 0.307 e. The zero-order chi connectivity index (χ0) is 10.7. The van der Waals surface area contributed by atoms with Crippen LogP contribution in [0.25, 0.3) is 0 Å². The second kappa shape index (κ2) is 4.19. The Bertz CT molecular complexity index is 391. The lowest BCUT2D eigenvalue weighted by atomic mass is 10.1. The molecule has 0 aliphatic heterocycles. The zero-order valence-electron chi connectivity index (χ0n) is 6.94. The van der Waals surface area contributed by atoms with Crippen molar-refractivity contribution in [2.45, 2.75) is 6.42 Å². The van der Waals surface area contributed by atoms with Crippen molar-refractivity contribution in [2.75, 3.05) is 0 Å². The van der Waals surface area contributed by atoms with E-state index in [1.54, 1.807) is 0 Å². The molecule has 0 saturated heterocycles. The van der Waals surface area contributed by atoms with E-state index in [1.807, 2.05) is 0 Å². The normalized spacial score (nSPS) is 9.79. The van der Waals surface area contributed by atoms with E-state index < -0.39 is 10.9 Å². The van der Waals surface area contributed by atoms with Crippen molar-refractivity contribution in [2.24, 2.45) is 0 Å². The molecule has 0 heterocycles. The van der Waals surface area contributed by atoms with E-state index in [9.17, 15) is 14.9 Å². The largest absolute Gasteiger partial charge is 0.481 e. The third-order valence-electron chi connectivity index (χ3n) is 1.60. The van der Waals surface area contributed by atoms with Crippen LogP contribution in [0.2, 0.25) is 0 Å². The molecule has 0 unspecified atom stereocenters. The number of benzene rings is 1. The van der Waals surface area contributed by atoms with Gasteiger partial charge in [0.05, 0.1) is 15.8 Å². The van der Waals surface area contributed by atoms with E-state index in [2.05, 4.69) is 15.9 Å². The van der Waals surface area contributed by atoms with E-state index in [1.165, 1.54) is 18.2 Å². The molecule has 0 aliphatic rings. The van der Waals surface area contributed by atoms with Gasteiger partial charge in [0, 0.05) is 6.07 Å². The van der Waals surface area contributed by atoms with Gasteiger partial charge >= 0.3 is 5.97 Å². The predicted molar refractivity (Wildman–Crippen MR) is 52.1 cm³/mol. The van der Waals surface area contributed by atoms with Gasteiger partial charge in [0.2, 0.25) is 0 Å². The summed E-state index contributed by atoms with van der Waals surface area (Å²) in [6.07, 6.45) is -0.234. The zero-order valence-corrected chi connectivity index (χ0v) is 8.52. The fourth-order valence-corrected chi connectivity index (χ4v) is 1.56. The molecule has 14 heavy (non-hydrogen) atoms. The monoisotopic (exact) mass is 259 g/mol. The van der Waals surface area contributed by atoms with Gasteiger partial charge < -0.3 is 5.11 Å².